The molecule has 3 unspecified atom stereocenters. The minimum absolute atomic E-state index is 0.0707. The molecule has 9 nitrogen and oxygen atoms in total. The first-order valence-electron chi connectivity index (χ1n) is 13.3. The van der Waals surface area contributed by atoms with Crippen LogP contribution in [0.15, 0.2) is 91.0 Å². The molecule has 10 heteroatoms. The summed E-state index contributed by atoms with van der Waals surface area (Å²) in [5, 5.41) is 15.4. The third kappa shape index (κ3) is 4.10. The molecule has 0 saturated carbocycles. The fraction of sp³-hybridized carbons (Fsp3) is 0.300. The Morgan fingerprint density at radius 2 is 1.48 bits per heavy atom. The molecular formula is C30H30N6O3S. The predicted octanol–water partition coefficient (Wildman–Crippen LogP) is 4.36. The van der Waals surface area contributed by atoms with Gasteiger partial charge in [-0.2, -0.15) is 0 Å². The second-order valence-corrected chi connectivity index (χ2v) is 12.1. The van der Waals surface area contributed by atoms with Crippen molar-refractivity contribution in [3.8, 4) is 0 Å². The van der Waals surface area contributed by atoms with Gasteiger partial charge >= 0.3 is 6.09 Å². The fourth-order valence-corrected chi connectivity index (χ4v) is 7.52. The van der Waals surface area contributed by atoms with Gasteiger partial charge in [-0.25, -0.2) is 4.79 Å². The SMILES string of the molecule is CCOC(=O)n1nnnc1C1N2C(=O)C(NC(c3ccccc3)(c3ccccc3)c3ccccc3)C2SC1(C)C. The van der Waals surface area contributed by atoms with Gasteiger partial charge in [0.05, 0.1) is 12.1 Å². The largest absolute Gasteiger partial charge is 0.448 e. The summed E-state index contributed by atoms with van der Waals surface area (Å²) in [5.41, 5.74) is 2.31. The lowest BCUT2D eigenvalue weighted by molar-refractivity contribution is -0.150. The number of thioether (sulfide) groups is 1. The summed E-state index contributed by atoms with van der Waals surface area (Å²) in [4.78, 5) is 28.5. The quantitative estimate of drug-likeness (QED) is 0.204. The first kappa shape index (κ1) is 26.2. The van der Waals surface area contributed by atoms with Crippen LogP contribution in [-0.2, 0) is 15.1 Å². The van der Waals surface area contributed by atoms with Gasteiger partial charge in [-0.15, -0.1) is 21.5 Å². The van der Waals surface area contributed by atoms with E-state index in [4.69, 9.17) is 4.74 Å². The topological polar surface area (TPSA) is 102 Å². The number of rotatable bonds is 7. The van der Waals surface area contributed by atoms with E-state index in [1.807, 2.05) is 68.4 Å². The summed E-state index contributed by atoms with van der Waals surface area (Å²) in [6, 6.07) is 29.7. The summed E-state index contributed by atoms with van der Waals surface area (Å²) < 4.78 is 5.75. The first-order valence-corrected chi connectivity index (χ1v) is 14.2. The molecule has 4 aromatic rings. The number of hydrogen-bond acceptors (Lipinski definition) is 8. The number of ether oxygens (including phenoxy) is 1. The zero-order valence-corrected chi connectivity index (χ0v) is 23.3. The van der Waals surface area contributed by atoms with Gasteiger partial charge in [0.2, 0.25) is 5.91 Å². The van der Waals surface area contributed by atoms with E-state index in [0.717, 1.165) is 21.4 Å². The minimum Gasteiger partial charge on any atom is -0.448 e. The maximum absolute atomic E-state index is 14.1. The predicted molar refractivity (Wildman–Crippen MR) is 151 cm³/mol. The second-order valence-electron chi connectivity index (χ2n) is 10.4. The minimum atomic E-state index is -0.786. The Hall–Kier alpha value is -4.02. The standard InChI is InChI=1S/C30H30N6O3S/c1-4-39-28(38)36-25(32-33-34-36)24-29(2,3)40-27-23(26(37)35(24)27)31-30(20-14-8-5-9-15-20,21-16-10-6-11-17-21)22-18-12-7-13-19-22/h5-19,23-24,27,31H,4H2,1-3H3. The Labute approximate surface area is 236 Å². The Morgan fingerprint density at radius 3 is 1.98 bits per heavy atom. The van der Waals surface area contributed by atoms with Gasteiger partial charge in [-0.3, -0.25) is 10.1 Å². The van der Waals surface area contributed by atoms with Crippen molar-refractivity contribution in [2.45, 2.75) is 48.5 Å². The van der Waals surface area contributed by atoms with Crippen LogP contribution in [0.25, 0.3) is 0 Å². The molecule has 2 saturated heterocycles. The molecule has 2 fully saturated rings. The number of nitrogens with zero attached hydrogens (tertiary/aromatic N) is 5. The van der Waals surface area contributed by atoms with Crippen LogP contribution in [0.1, 0.15) is 49.3 Å². The lowest BCUT2D eigenvalue weighted by Gasteiger charge is -2.49. The molecule has 3 aromatic carbocycles. The van der Waals surface area contributed by atoms with Crippen molar-refractivity contribution in [2.24, 2.45) is 0 Å². The van der Waals surface area contributed by atoms with Crippen LogP contribution < -0.4 is 5.32 Å². The van der Waals surface area contributed by atoms with Crippen molar-refractivity contribution in [3.63, 3.8) is 0 Å². The van der Waals surface area contributed by atoms with Gasteiger partial charge in [0.25, 0.3) is 0 Å². The Kier molecular flexibility index (Phi) is 6.67. The third-order valence-electron chi connectivity index (χ3n) is 7.61. The van der Waals surface area contributed by atoms with Gasteiger partial charge in [-0.1, -0.05) is 91.0 Å². The zero-order chi connectivity index (χ0) is 27.9. The molecule has 2 aliphatic rings. The zero-order valence-electron chi connectivity index (χ0n) is 22.5. The molecule has 0 bridgehead atoms. The molecule has 3 heterocycles. The molecule has 204 valence electrons. The van der Waals surface area contributed by atoms with Crippen LogP contribution in [0.5, 0.6) is 0 Å². The monoisotopic (exact) mass is 554 g/mol. The Bertz CT molecular complexity index is 1420. The number of carbonyl (C=O) groups is 2. The molecule has 40 heavy (non-hydrogen) atoms. The van der Waals surface area contributed by atoms with Crippen molar-refractivity contribution >= 4 is 23.8 Å². The maximum Gasteiger partial charge on any atom is 0.437 e. The number of tetrazole rings is 1. The summed E-state index contributed by atoms with van der Waals surface area (Å²) in [6.07, 6.45) is -0.661. The van der Waals surface area contributed by atoms with E-state index in [1.165, 1.54) is 0 Å². The third-order valence-corrected chi connectivity index (χ3v) is 9.18. The van der Waals surface area contributed by atoms with Gasteiger partial charge in [0.1, 0.15) is 17.5 Å². The van der Waals surface area contributed by atoms with E-state index < -0.39 is 28.5 Å². The van der Waals surface area contributed by atoms with E-state index in [-0.39, 0.29) is 17.9 Å². The van der Waals surface area contributed by atoms with Gasteiger partial charge in [-0.05, 0) is 47.9 Å². The highest BCUT2D eigenvalue weighted by molar-refractivity contribution is 8.01. The highest BCUT2D eigenvalue weighted by Gasteiger charge is 2.64. The summed E-state index contributed by atoms with van der Waals surface area (Å²) in [5.74, 6) is 0.226. The van der Waals surface area contributed by atoms with E-state index in [1.54, 1.807) is 23.6 Å². The Morgan fingerprint density at radius 1 is 0.950 bits per heavy atom. The van der Waals surface area contributed by atoms with E-state index in [9.17, 15) is 9.59 Å². The van der Waals surface area contributed by atoms with E-state index >= 15 is 0 Å². The van der Waals surface area contributed by atoms with Crippen molar-refractivity contribution < 1.29 is 14.3 Å². The molecule has 1 amide bonds. The summed E-state index contributed by atoms with van der Waals surface area (Å²) >= 11 is 1.68. The first-order chi connectivity index (χ1) is 19.4. The molecular weight excluding hydrogens is 524 g/mol. The van der Waals surface area contributed by atoms with E-state index in [2.05, 4.69) is 57.2 Å². The van der Waals surface area contributed by atoms with Crippen LogP contribution >= 0.6 is 11.8 Å². The normalized spacial score (nSPS) is 21.5. The van der Waals surface area contributed by atoms with E-state index in [0.29, 0.717) is 5.82 Å². The lowest BCUT2D eigenvalue weighted by atomic mass is 9.76. The van der Waals surface area contributed by atoms with Gasteiger partial charge in [0.15, 0.2) is 5.82 Å². The lowest BCUT2D eigenvalue weighted by Crippen LogP contribution is -2.70. The number of aromatic nitrogens is 4. The van der Waals surface area contributed by atoms with Crippen molar-refractivity contribution in [1.29, 1.82) is 0 Å². The van der Waals surface area contributed by atoms with Crippen LogP contribution in [-0.4, -0.2) is 59.9 Å². The number of β-lactam (4-membered cyclic amide) rings is 1. The molecule has 6 rings (SSSR count). The summed E-state index contributed by atoms with van der Waals surface area (Å²) in [6.45, 7) is 6.02. The second kappa shape index (κ2) is 10.2. The molecule has 1 N–H and O–H groups in total. The highest BCUT2D eigenvalue weighted by atomic mass is 32.2. The van der Waals surface area contributed by atoms with Crippen LogP contribution in [0.3, 0.4) is 0 Å². The number of fused-ring (bicyclic) bond motifs is 1. The average molecular weight is 555 g/mol. The van der Waals surface area contributed by atoms with Crippen LogP contribution in [0, 0.1) is 0 Å². The van der Waals surface area contributed by atoms with Crippen molar-refractivity contribution in [1.82, 2.24) is 30.4 Å². The molecule has 1 aromatic heterocycles. The van der Waals surface area contributed by atoms with Crippen molar-refractivity contribution in [3.05, 3.63) is 114 Å². The number of amides is 1. The van der Waals surface area contributed by atoms with Gasteiger partial charge in [0, 0.05) is 4.75 Å². The number of benzene rings is 3. The molecule has 0 aliphatic carbocycles. The number of carbonyl (C=O) groups excluding carboxylic acids is 2. The smallest absolute Gasteiger partial charge is 0.437 e. The number of nitrogens with one attached hydrogen (secondary N) is 1. The molecule has 3 atom stereocenters. The van der Waals surface area contributed by atoms with Crippen molar-refractivity contribution in [2.75, 3.05) is 6.61 Å². The molecule has 0 radical (unpaired) electrons. The number of hydrogen-bond donors (Lipinski definition) is 1. The van der Waals surface area contributed by atoms with Gasteiger partial charge < -0.3 is 9.64 Å². The van der Waals surface area contributed by atoms with Crippen LogP contribution in [0.4, 0.5) is 4.79 Å². The highest BCUT2D eigenvalue weighted by Crippen LogP contribution is 2.57. The fourth-order valence-electron chi connectivity index (χ4n) is 5.89. The van der Waals surface area contributed by atoms with Crippen LogP contribution in [0.2, 0.25) is 0 Å². The average Bonchev–Trinajstić information content (AvgIpc) is 3.55. The molecule has 0 spiro atoms. The molecule has 2 aliphatic heterocycles. The summed E-state index contributed by atoms with van der Waals surface area (Å²) in [7, 11) is 0. The Balaban J connectivity index is 1.42. The maximum atomic E-state index is 14.1.